The molecule has 2 rings (SSSR count). The van der Waals surface area contributed by atoms with Gasteiger partial charge < -0.3 is 4.74 Å². The van der Waals surface area contributed by atoms with Crippen LogP contribution in [0, 0.1) is 0 Å². The smallest absolute Gasteiger partial charge is 0.343 e. The van der Waals surface area contributed by atoms with Crippen molar-refractivity contribution < 1.29 is 4.74 Å². The Kier molecular flexibility index (Phi) is 3.48. The van der Waals surface area contributed by atoms with Crippen LogP contribution in [0.2, 0.25) is 0 Å². The molecule has 84 valence electrons. The summed E-state index contributed by atoms with van der Waals surface area (Å²) < 4.78 is 7.12. The summed E-state index contributed by atoms with van der Waals surface area (Å²) >= 11 is 1.57. The van der Waals surface area contributed by atoms with Gasteiger partial charge in [-0.05, 0) is 19.3 Å². The maximum absolute atomic E-state index is 11.1. The third-order valence-electron chi connectivity index (χ3n) is 2.51. The van der Waals surface area contributed by atoms with Crippen LogP contribution in [0.4, 0.5) is 0 Å². The predicted octanol–water partition coefficient (Wildman–Crippen LogP) is 0.770. The van der Waals surface area contributed by atoms with Crippen molar-refractivity contribution in [1.29, 1.82) is 0 Å². The average molecular weight is 229 g/mol. The quantitative estimate of drug-likeness (QED) is 0.778. The van der Waals surface area contributed by atoms with E-state index in [0.29, 0.717) is 6.10 Å². The minimum Gasteiger partial charge on any atom is -0.377 e. The van der Waals surface area contributed by atoms with Crippen LogP contribution in [0.5, 0.6) is 0 Å². The van der Waals surface area contributed by atoms with E-state index in [4.69, 9.17) is 4.74 Å². The molecule has 1 fully saturated rings. The Morgan fingerprint density at radius 2 is 2.53 bits per heavy atom. The highest BCUT2D eigenvalue weighted by Gasteiger charge is 2.15. The number of H-pyrrole nitrogens is 1. The molecule has 1 N–H and O–H groups in total. The van der Waals surface area contributed by atoms with Crippen molar-refractivity contribution in [1.82, 2.24) is 14.8 Å². The van der Waals surface area contributed by atoms with E-state index < -0.39 is 0 Å². The fourth-order valence-corrected chi connectivity index (χ4v) is 2.55. The Labute approximate surface area is 92.2 Å². The topological polar surface area (TPSA) is 59.9 Å². The molecular weight excluding hydrogens is 214 g/mol. The van der Waals surface area contributed by atoms with Gasteiger partial charge in [-0.1, -0.05) is 11.8 Å². The summed E-state index contributed by atoms with van der Waals surface area (Å²) in [5, 5.41) is 7.08. The van der Waals surface area contributed by atoms with E-state index in [1.807, 2.05) is 0 Å². The predicted molar refractivity (Wildman–Crippen MR) is 58.1 cm³/mol. The molecule has 2 heterocycles. The lowest BCUT2D eigenvalue weighted by Gasteiger charge is -2.21. The van der Waals surface area contributed by atoms with Crippen molar-refractivity contribution in [3.8, 4) is 0 Å². The molecule has 0 bridgehead atoms. The van der Waals surface area contributed by atoms with Crippen molar-refractivity contribution >= 4 is 11.8 Å². The summed E-state index contributed by atoms with van der Waals surface area (Å²) in [6.07, 6.45) is 3.84. The van der Waals surface area contributed by atoms with E-state index in [2.05, 4.69) is 10.2 Å². The molecule has 0 saturated carbocycles. The van der Waals surface area contributed by atoms with Crippen LogP contribution >= 0.6 is 11.8 Å². The first-order valence-corrected chi connectivity index (χ1v) is 6.12. The molecule has 6 heteroatoms. The van der Waals surface area contributed by atoms with Crippen molar-refractivity contribution in [3.05, 3.63) is 10.5 Å². The van der Waals surface area contributed by atoms with Crippen molar-refractivity contribution in [2.45, 2.75) is 30.5 Å². The highest BCUT2D eigenvalue weighted by atomic mass is 32.2. The van der Waals surface area contributed by atoms with Crippen LogP contribution < -0.4 is 5.69 Å². The van der Waals surface area contributed by atoms with E-state index in [1.165, 1.54) is 17.4 Å². The zero-order valence-electron chi connectivity index (χ0n) is 8.73. The Morgan fingerprint density at radius 3 is 3.13 bits per heavy atom. The van der Waals surface area contributed by atoms with E-state index >= 15 is 0 Å². The number of thioether (sulfide) groups is 1. The molecule has 0 aliphatic carbocycles. The number of nitrogens with one attached hydrogen (secondary N) is 1. The summed E-state index contributed by atoms with van der Waals surface area (Å²) in [5.41, 5.74) is -0.165. The van der Waals surface area contributed by atoms with Gasteiger partial charge in [-0.15, -0.1) is 5.10 Å². The largest absolute Gasteiger partial charge is 0.377 e. The van der Waals surface area contributed by atoms with Crippen molar-refractivity contribution in [2.24, 2.45) is 7.05 Å². The minimum absolute atomic E-state index is 0.165. The fraction of sp³-hybridized carbons (Fsp3) is 0.778. The maximum atomic E-state index is 11.1. The summed E-state index contributed by atoms with van der Waals surface area (Å²) in [5.74, 6) is 0.873. The molecule has 1 aliphatic heterocycles. The third-order valence-corrected chi connectivity index (χ3v) is 3.67. The lowest BCUT2D eigenvalue weighted by Crippen LogP contribution is -2.21. The Hall–Kier alpha value is -0.750. The van der Waals surface area contributed by atoms with Crippen molar-refractivity contribution in [2.75, 3.05) is 12.4 Å². The molecule has 0 spiro atoms. The number of aromatic nitrogens is 3. The molecule has 15 heavy (non-hydrogen) atoms. The monoisotopic (exact) mass is 229 g/mol. The number of ether oxygens (including phenoxy) is 1. The Morgan fingerprint density at radius 1 is 1.67 bits per heavy atom. The summed E-state index contributed by atoms with van der Waals surface area (Å²) in [4.78, 5) is 11.1. The number of hydrogen-bond donors (Lipinski definition) is 1. The van der Waals surface area contributed by atoms with Gasteiger partial charge in [-0.3, -0.25) is 4.57 Å². The van der Waals surface area contributed by atoms with Gasteiger partial charge in [0.15, 0.2) is 5.16 Å². The molecule has 1 atom stereocenters. The van der Waals surface area contributed by atoms with Gasteiger partial charge >= 0.3 is 5.69 Å². The maximum Gasteiger partial charge on any atom is 0.343 e. The number of hydrogen-bond acceptors (Lipinski definition) is 4. The average Bonchev–Trinajstić information content (AvgIpc) is 2.59. The molecule has 5 nitrogen and oxygen atoms in total. The van der Waals surface area contributed by atoms with Crippen LogP contribution in [-0.2, 0) is 11.8 Å². The Balaban J connectivity index is 1.87. The first-order chi connectivity index (χ1) is 7.27. The van der Waals surface area contributed by atoms with E-state index in [1.54, 1.807) is 18.8 Å². The summed E-state index contributed by atoms with van der Waals surface area (Å²) in [7, 11) is 1.72. The zero-order chi connectivity index (χ0) is 10.7. The van der Waals surface area contributed by atoms with Gasteiger partial charge in [-0.2, -0.15) is 0 Å². The van der Waals surface area contributed by atoms with E-state index in [9.17, 15) is 4.79 Å². The number of aromatic amines is 1. The highest BCUT2D eigenvalue weighted by Crippen LogP contribution is 2.20. The lowest BCUT2D eigenvalue weighted by atomic mass is 10.1. The standard InChI is InChI=1S/C9H15N3O2S/c1-12-8(13)10-11-9(12)15-6-7-4-2-3-5-14-7/h7H,2-6H2,1H3,(H,10,13)/t7-/m1/s1. The molecule has 1 saturated heterocycles. The first-order valence-electron chi connectivity index (χ1n) is 5.13. The van der Waals surface area contributed by atoms with Crippen LogP contribution in [0.25, 0.3) is 0 Å². The van der Waals surface area contributed by atoms with Gasteiger partial charge in [0.2, 0.25) is 0 Å². The normalized spacial score (nSPS) is 21.8. The second kappa shape index (κ2) is 4.85. The first kappa shape index (κ1) is 10.8. The molecule has 0 amide bonds. The van der Waals surface area contributed by atoms with Crippen LogP contribution in [0.1, 0.15) is 19.3 Å². The summed E-state index contributed by atoms with van der Waals surface area (Å²) in [6, 6.07) is 0. The SMILES string of the molecule is Cn1c(SC[C@H]2CCCCO2)n[nH]c1=O. The van der Waals surface area contributed by atoms with E-state index in [0.717, 1.165) is 23.9 Å². The fourth-order valence-electron chi connectivity index (χ4n) is 1.57. The number of rotatable bonds is 3. The second-order valence-electron chi connectivity index (χ2n) is 3.67. The van der Waals surface area contributed by atoms with Crippen LogP contribution in [0.15, 0.2) is 9.95 Å². The van der Waals surface area contributed by atoms with E-state index in [-0.39, 0.29) is 5.69 Å². The van der Waals surface area contributed by atoms with Crippen LogP contribution in [-0.4, -0.2) is 33.2 Å². The molecule has 0 aromatic carbocycles. The van der Waals surface area contributed by atoms with Gasteiger partial charge in [-0.25, -0.2) is 9.89 Å². The van der Waals surface area contributed by atoms with Gasteiger partial charge in [0.1, 0.15) is 0 Å². The zero-order valence-corrected chi connectivity index (χ0v) is 9.55. The third kappa shape index (κ3) is 2.63. The van der Waals surface area contributed by atoms with Gasteiger partial charge in [0.05, 0.1) is 6.10 Å². The summed E-state index contributed by atoms with van der Waals surface area (Å²) in [6.45, 7) is 0.866. The lowest BCUT2D eigenvalue weighted by molar-refractivity contribution is 0.0315. The highest BCUT2D eigenvalue weighted by molar-refractivity contribution is 7.99. The molecule has 0 radical (unpaired) electrons. The van der Waals surface area contributed by atoms with Gasteiger partial charge in [0.25, 0.3) is 0 Å². The molecular formula is C9H15N3O2S. The Bertz CT molecular complexity index is 368. The molecule has 0 unspecified atom stereocenters. The minimum atomic E-state index is -0.165. The molecule has 1 aromatic rings. The van der Waals surface area contributed by atoms with Gasteiger partial charge in [0, 0.05) is 19.4 Å². The molecule has 1 aromatic heterocycles. The molecule has 1 aliphatic rings. The second-order valence-corrected chi connectivity index (χ2v) is 4.66. The van der Waals surface area contributed by atoms with Crippen molar-refractivity contribution in [3.63, 3.8) is 0 Å². The van der Waals surface area contributed by atoms with Crippen LogP contribution in [0.3, 0.4) is 0 Å². The number of nitrogens with zero attached hydrogens (tertiary/aromatic N) is 2.